The zero-order valence-corrected chi connectivity index (χ0v) is 3.41. The molecule has 0 saturated heterocycles. The van der Waals surface area contributed by atoms with E-state index in [2.05, 4.69) is 6.42 Å². The molecule has 0 nitrogen and oxygen atoms in total. The van der Waals surface area contributed by atoms with E-state index in [9.17, 15) is 0 Å². The summed E-state index contributed by atoms with van der Waals surface area (Å²) in [6, 6.07) is 0. The molecule has 0 spiro atoms. The summed E-state index contributed by atoms with van der Waals surface area (Å²) in [6.07, 6.45) is 8.00. The van der Waals surface area contributed by atoms with Gasteiger partial charge in [0.1, 0.15) is 0 Å². The molecule has 0 aromatic carbocycles. The zero-order valence-electron chi connectivity index (χ0n) is 3.41. The molecule has 0 aliphatic heterocycles. The minimum absolute atomic E-state index is 0. The number of hydrogen-bond acceptors (Lipinski definition) is 0. The van der Waals surface area contributed by atoms with Crippen molar-refractivity contribution in [2.75, 3.05) is 0 Å². The van der Waals surface area contributed by atoms with Crippen molar-refractivity contribution < 1.29 is 0 Å². The molecule has 0 atom stereocenters. The number of rotatable bonds is 0. The molecule has 1 saturated carbocycles. The molecule has 1 aliphatic carbocycles. The number of hydrogen-bond donors (Lipinski definition) is 0. The maximum absolute atomic E-state index is 2.36. The van der Waals surface area contributed by atoms with Gasteiger partial charge in [-0.1, -0.05) is 25.7 Å². The minimum atomic E-state index is 0. The van der Waals surface area contributed by atoms with Gasteiger partial charge in [0.25, 0.3) is 0 Å². The van der Waals surface area contributed by atoms with Crippen molar-refractivity contribution in [3.05, 3.63) is 6.42 Å². The molecular formula is C5H10Li. The molecule has 0 bridgehead atoms. The molecule has 0 unspecified atom stereocenters. The average Bonchev–Trinajstić information content (AvgIpc) is 1.76. The Balaban J connectivity index is 0.000000250. The second kappa shape index (κ2) is 3.78. The van der Waals surface area contributed by atoms with E-state index in [1.54, 1.807) is 0 Å². The van der Waals surface area contributed by atoms with Crippen molar-refractivity contribution in [1.29, 1.82) is 0 Å². The molecule has 31 valence electrons. The summed E-state index contributed by atoms with van der Waals surface area (Å²) in [5.74, 6) is 0. The molecule has 1 aliphatic rings. The van der Waals surface area contributed by atoms with Crippen LogP contribution in [0.2, 0.25) is 0 Å². The molecule has 1 fully saturated rings. The van der Waals surface area contributed by atoms with E-state index in [0.29, 0.717) is 0 Å². The van der Waals surface area contributed by atoms with Gasteiger partial charge >= 0.3 is 18.9 Å². The van der Waals surface area contributed by atoms with Gasteiger partial charge in [0.15, 0.2) is 0 Å². The van der Waals surface area contributed by atoms with Crippen molar-refractivity contribution in [1.82, 2.24) is 0 Å². The summed E-state index contributed by atoms with van der Waals surface area (Å²) >= 11 is 0. The van der Waals surface area contributed by atoms with Crippen LogP contribution in [0.3, 0.4) is 0 Å². The molecule has 1 radical (unpaired) electrons. The SMILES string of the molecule is [CH]1CCCC1.[LiH]. The zero-order chi connectivity index (χ0) is 3.54. The second-order valence-corrected chi connectivity index (χ2v) is 1.57. The van der Waals surface area contributed by atoms with E-state index >= 15 is 0 Å². The molecule has 0 aromatic heterocycles. The van der Waals surface area contributed by atoms with Crippen LogP contribution < -0.4 is 0 Å². The molecule has 0 amide bonds. The van der Waals surface area contributed by atoms with Gasteiger partial charge in [-0.15, -0.1) is 0 Å². The first-order valence-corrected chi connectivity index (χ1v) is 2.32. The summed E-state index contributed by atoms with van der Waals surface area (Å²) in [6.45, 7) is 0. The van der Waals surface area contributed by atoms with Crippen LogP contribution in [0.25, 0.3) is 0 Å². The van der Waals surface area contributed by atoms with Gasteiger partial charge in [0.2, 0.25) is 0 Å². The second-order valence-electron chi connectivity index (χ2n) is 1.57. The Morgan fingerprint density at radius 3 is 1.67 bits per heavy atom. The Bertz CT molecular complexity index is 15.5. The van der Waals surface area contributed by atoms with Gasteiger partial charge in [-0.3, -0.25) is 0 Å². The molecule has 0 heterocycles. The maximum atomic E-state index is 2.36. The molecule has 0 N–H and O–H groups in total. The van der Waals surface area contributed by atoms with E-state index in [0.717, 1.165) is 0 Å². The Morgan fingerprint density at radius 1 is 1.00 bits per heavy atom. The fourth-order valence-electron chi connectivity index (χ4n) is 0.722. The van der Waals surface area contributed by atoms with Crippen LogP contribution in [0.15, 0.2) is 0 Å². The summed E-state index contributed by atoms with van der Waals surface area (Å²) in [5.41, 5.74) is 0. The monoisotopic (exact) mass is 77.1 g/mol. The van der Waals surface area contributed by atoms with Gasteiger partial charge in [0, 0.05) is 0 Å². The van der Waals surface area contributed by atoms with Crippen molar-refractivity contribution in [2.45, 2.75) is 25.7 Å². The van der Waals surface area contributed by atoms with Crippen molar-refractivity contribution >= 4 is 18.9 Å². The third-order valence-corrected chi connectivity index (χ3v) is 1.07. The first-order chi connectivity index (χ1) is 2.50. The van der Waals surface area contributed by atoms with Gasteiger partial charge in [0.05, 0.1) is 0 Å². The third-order valence-electron chi connectivity index (χ3n) is 1.07. The van der Waals surface area contributed by atoms with E-state index in [4.69, 9.17) is 0 Å². The first-order valence-electron chi connectivity index (χ1n) is 2.32. The Hall–Kier alpha value is 0.597. The van der Waals surface area contributed by atoms with Crippen LogP contribution in [0.4, 0.5) is 0 Å². The van der Waals surface area contributed by atoms with E-state index in [1.807, 2.05) is 0 Å². The fourth-order valence-corrected chi connectivity index (χ4v) is 0.722. The predicted octanol–water partition coefficient (Wildman–Crippen LogP) is 1.12. The van der Waals surface area contributed by atoms with Gasteiger partial charge < -0.3 is 0 Å². The van der Waals surface area contributed by atoms with Crippen LogP contribution in [0.1, 0.15) is 25.7 Å². The first kappa shape index (κ1) is 6.60. The normalized spacial score (nSPS) is 20.0. The topological polar surface area (TPSA) is 0 Å². The molecule has 0 aromatic rings. The standard InChI is InChI=1S/C5H9.Li.H/c1-2-4-5-3-1;;/h1H,2-5H2;;. The Kier molecular flexibility index (Phi) is 4.15. The quantitative estimate of drug-likeness (QED) is 0.380. The van der Waals surface area contributed by atoms with Crippen LogP contribution in [-0.4, -0.2) is 18.9 Å². The van der Waals surface area contributed by atoms with Crippen LogP contribution in [-0.2, 0) is 0 Å². The van der Waals surface area contributed by atoms with Crippen molar-refractivity contribution in [3.8, 4) is 0 Å². The van der Waals surface area contributed by atoms with Crippen molar-refractivity contribution in [2.24, 2.45) is 0 Å². The third kappa shape index (κ3) is 1.90. The van der Waals surface area contributed by atoms with Gasteiger partial charge in [-0.25, -0.2) is 0 Å². The van der Waals surface area contributed by atoms with E-state index in [-0.39, 0.29) is 18.9 Å². The predicted molar refractivity (Wildman–Crippen MR) is 29.9 cm³/mol. The molecule has 6 heavy (non-hydrogen) atoms. The van der Waals surface area contributed by atoms with Crippen LogP contribution in [0.5, 0.6) is 0 Å². The summed E-state index contributed by atoms with van der Waals surface area (Å²) in [4.78, 5) is 0. The summed E-state index contributed by atoms with van der Waals surface area (Å²) in [5, 5.41) is 0. The Morgan fingerprint density at radius 2 is 1.50 bits per heavy atom. The van der Waals surface area contributed by atoms with E-state index < -0.39 is 0 Å². The fraction of sp³-hybridized carbons (Fsp3) is 0.800. The van der Waals surface area contributed by atoms with Crippen molar-refractivity contribution in [3.63, 3.8) is 0 Å². The van der Waals surface area contributed by atoms with Crippen LogP contribution in [0, 0.1) is 6.42 Å². The van der Waals surface area contributed by atoms with Crippen LogP contribution >= 0.6 is 0 Å². The average molecular weight is 77.1 g/mol. The Labute approximate surface area is 51.5 Å². The van der Waals surface area contributed by atoms with E-state index in [1.165, 1.54) is 25.7 Å². The molecular weight excluding hydrogens is 67.0 g/mol. The summed E-state index contributed by atoms with van der Waals surface area (Å²) in [7, 11) is 0. The molecule has 1 heteroatoms. The summed E-state index contributed by atoms with van der Waals surface area (Å²) < 4.78 is 0. The van der Waals surface area contributed by atoms with Gasteiger partial charge in [-0.2, -0.15) is 0 Å². The van der Waals surface area contributed by atoms with Gasteiger partial charge in [-0.05, 0) is 6.42 Å². The molecule has 1 rings (SSSR count).